The predicted octanol–water partition coefficient (Wildman–Crippen LogP) is -1.47. The zero-order valence-electron chi connectivity index (χ0n) is 36.3. The Kier molecular flexibility index (Phi) is 20.8. The Morgan fingerprint density at radius 3 is 1.91 bits per heavy atom. The maximum absolute atomic E-state index is 13.6. The molecule has 22 heteroatoms. The van der Waals surface area contributed by atoms with Gasteiger partial charge in [0.05, 0.1) is 19.0 Å². The Hall–Kier alpha value is -7.07. The lowest BCUT2D eigenvalue weighted by atomic mass is 10.0. The summed E-state index contributed by atoms with van der Waals surface area (Å²) in [5.41, 5.74) is 19.3. The van der Waals surface area contributed by atoms with E-state index >= 15 is 0 Å². The van der Waals surface area contributed by atoms with E-state index in [1.807, 2.05) is 24.3 Å². The number of hydrogen-bond acceptors (Lipinski definition) is 12. The Balaban J connectivity index is 1.68. The van der Waals surface area contributed by atoms with Crippen molar-refractivity contribution in [1.82, 2.24) is 36.9 Å². The number of benzene rings is 2. The largest absolute Gasteiger partial charge is 0.508 e. The predicted molar refractivity (Wildman–Crippen MR) is 235 cm³/mol. The van der Waals surface area contributed by atoms with Crippen molar-refractivity contribution in [3.8, 4) is 5.75 Å². The lowest BCUT2D eigenvalue weighted by Gasteiger charge is -2.25. The molecule has 65 heavy (non-hydrogen) atoms. The van der Waals surface area contributed by atoms with Crippen molar-refractivity contribution in [2.24, 2.45) is 23.1 Å². The van der Waals surface area contributed by atoms with Crippen LogP contribution in [0.25, 0.3) is 10.9 Å². The summed E-state index contributed by atoms with van der Waals surface area (Å²) < 4.78 is 0. The standard InChI is InChI=1S/C43H60N10O12/c1-23(2)17-32(51-38(59)28(45)19-25-21-47-29-8-4-3-7-27(25)29)42(63)52-33(20-35(46)55)39(60)48-22-36(56)49-30(9-5-6-16-44)40(61)50-31(14-15-37(57)58)41(62)53-34(43(64)65)18-24-10-12-26(54)13-11-24/h3-4,7-8,10-13,21,23,28,30-34,47,54H,5-6,9,14-20,22,44-45H2,1-2H3,(H2,46,55)(H,48,60)(H,49,56)(H,50,61)(H,51,59)(H,52,63)(H,53,62)(H,57,58)(H,64,65)/t28-,30-,31-,32-,33+,34-/m0/s1. The maximum Gasteiger partial charge on any atom is 0.326 e. The quantitative estimate of drug-likeness (QED) is 0.0370. The number of phenols is 1. The molecule has 6 atom stereocenters. The fourth-order valence-electron chi connectivity index (χ4n) is 6.74. The van der Waals surface area contributed by atoms with Crippen LogP contribution in [0.15, 0.2) is 54.7 Å². The van der Waals surface area contributed by atoms with Gasteiger partial charge in [-0.15, -0.1) is 0 Å². The molecule has 1 heterocycles. The number of nitrogens with one attached hydrogen (secondary N) is 7. The van der Waals surface area contributed by atoms with Crippen LogP contribution in [0.3, 0.4) is 0 Å². The van der Waals surface area contributed by atoms with E-state index < -0.39 is 115 Å². The van der Waals surface area contributed by atoms with E-state index in [-0.39, 0.29) is 43.9 Å². The van der Waals surface area contributed by atoms with Crippen LogP contribution >= 0.6 is 0 Å². The summed E-state index contributed by atoms with van der Waals surface area (Å²) in [7, 11) is 0. The summed E-state index contributed by atoms with van der Waals surface area (Å²) in [6.45, 7) is 3.05. The summed E-state index contributed by atoms with van der Waals surface area (Å²) in [5, 5.41) is 44.1. The summed E-state index contributed by atoms with van der Waals surface area (Å²) in [4.78, 5) is 119. The highest BCUT2D eigenvalue weighted by molar-refractivity contribution is 5.97. The van der Waals surface area contributed by atoms with Crippen molar-refractivity contribution in [2.45, 2.75) is 108 Å². The van der Waals surface area contributed by atoms with Crippen LogP contribution in [-0.2, 0) is 56.0 Å². The number of carboxylic acids is 2. The van der Waals surface area contributed by atoms with Crippen molar-refractivity contribution >= 4 is 64.2 Å². The average molecular weight is 909 g/mol. The van der Waals surface area contributed by atoms with Gasteiger partial charge in [0, 0.05) is 29.9 Å². The molecule has 1 aromatic heterocycles. The lowest BCUT2D eigenvalue weighted by Crippen LogP contribution is -2.58. The number of primary amides is 1. The van der Waals surface area contributed by atoms with Gasteiger partial charge >= 0.3 is 11.9 Å². The maximum atomic E-state index is 13.6. The second-order valence-electron chi connectivity index (χ2n) is 16.0. The molecule has 0 radical (unpaired) electrons. The van der Waals surface area contributed by atoms with Gasteiger partial charge in [-0.3, -0.25) is 38.4 Å². The highest BCUT2D eigenvalue weighted by Crippen LogP contribution is 2.19. The number of rotatable bonds is 28. The van der Waals surface area contributed by atoms with Crippen molar-refractivity contribution in [3.05, 3.63) is 65.9 Å². The fraction of sp³-hybridized carbons (Fsp3) is 0.465. The first kappa shape index (κ1) is 52.3. The third-order valence-corrected chi connectivity index (χ3v) is 10.1. The monoisotopic (exact) mass is 908 g/mol. The first-order chi connectivity index (χ1) is 30.8. The number of fused-ring (bicyclic) bond motifs is 1. The second-order valence-corrected chi connectivity index (χ2v) is 16.0. The number of nitrogens with two attached hydrogens (primary N) is 3. The fourth-order valence-corrected chi connectivity index (χ4v) is 6.74. The molecule has 0 unspecified atom stereocenters. The molecule has 354 valence electrons. The van der Waals surface area contributed by atoms with Crippen molar-refractivity contribution in [2.75, 3.05) is 13.1 Å². The molecular formula is C43H60N10O12. The smallest absolute Gasteiger partial charge is 0.326 e. The minimum Gasteiger partial charge on any atom is -0.508 e. The number of unbranched alkanes of at least 4 members (excludes halogenated alkanes) is 1. The topological polar surface area (TPSA) is 380 Å². The van der Waals surface area contributed by atoms with Gasteiger partial charge in [0.2, 0.25) is 41.4 Å². The molecule has 0 spiro atoms. The number of phenolic OH excluding ortho intramolecular Hbond substituents is 1. The Labute approximate surface area is 374 Å². The van der Waals surface area contributed by atoms with Crippen LogP contribution in [0.5, 0.6) is 5.75 Å². The van der Waals surface area contributed by atoms with E-state index in [1.165, 1.54) is 24.3 Å². The number of para-hydroxylation sites is 1. The van der Waals surface area contributed by atoms with Crippen LogP contribution in [0, 0.1) is 5.92 Å². The van der Waals surface area contributed by atoms with Crippen molar-refractivity contribution in [3.63, 3.8) is 0 Å². The molecule has 0 aliphatic carbocycles. The van der Waals surface area contributed by atoms with E-state index in [9.17, 15) is 58.5 Å². The van der Waals surface area contributed by atoms with E-state index in [1.54, 1.807) is 20.0 Å². The van der Waals surface area contributed by atoms with E-state index in [4.69, 9.17) is 17.2 Å². The van der Waals surface area contributed by atoms with Gasteiger partial charge in [0.15, 0.2) is 0 Å². The first-order valence-corrected chi connectivity index (χ1v) is 21.1. The molecule has 16 N–H and O–H groups in total. The number of aromatic hydroxyl groups is 1. The molecule has 3 rings (SSSR count). The summed E-state index contributed by atoms with van der Waals surface area (Å²) >= 11 is 0. The second kappa shape index (κ2) is 25.9. The Morgan fingerprint density at radius 2 is 1.29 bits per heavy atom. The van der Waals surface area contributed by atoms with Gasteiger partial charge in [-0.05, 0) is 80.3 Å². The van der Waals surface area contributed by atoms with Crippen molar-refractivity contribution in [1.29, 1.82) is 0 Å². The van der Waals surface area contributed by atoms with E-state index in [2.05, 4.69) is 36.9 Å². The highest BCUT2D eigenvalue weighted by atomic mass is 16.4. The van der Waals surface area contributed by atoms with Crippen LogP contribution in [0.1, 0.15) is 69.9 Å². The zero-order valence-corrected chi connectivity index (χ0v) is 36.3. The molecule has 0 saturated heterocycles. The number of amides is 7. The van der Waals surface area contributed by atoms with Gasteiger partial charge in [0.1, 0.15) is 36.0 Å². The number of H-pyrrole nitrogens is 1. The molecule has 7 amide bonds. The normalized spacial score (nSPS) is 13.9. The van der Waals surface area contributed by atoms with Crippen LogP contribution in [-0.4, -0.2) is 123 Å². The van der Waals surface area contributed by atoms with Gasteiger partial charge < -0.3 is 69.4 Å². The molecule has 3 aromatic rings. The number of carbonyl (C=O) groups is 9. The molecule has 22 nitrogen and oxygen atoms in total. The number of hydrogen-bond donors (Lipinski definition) is 13. The van der Waals surface area contributed by atoms with Gasteiger partial charge in [-0.2, -0.15) is 0 Å². The Morgan fingerprint density at radius 1 is 0.692 bits per heavy atom. The molecular weight excluding hydrogens is 849 g/mol. The van der Waals surface area contributed by atoms with E-state index in [0.717, 1.165) is 16.5 Å². The third kappa shape index (κ3) is 17.9. The molecule has 0 fully saturated rings. The molecule has 0 bridgehead atoms. The highest BCUT2D eigenvalue weighted by Gasteiger charge is 2.32. The molecule has 0 aliphatic rings. The zero-order chi connectivity index (χ0) is 48.2. The molecule has 2 aromatic carbocycles. The first-order valence-electron chi connectivity index (χ1n) is 21.1. The Bertz CT molecular complexity index is 2140. The minimum absolute atomic E-state index is 0.0245. The van der Waals surface area contributed by atoms with Gasteiger partial charge in [-0.1, -0.05) is 44.2 Å². The number of aliphatic carboxylic acids is 2. The number of carboxylic acid groups (broad SMARTS) is 2. The molecule has 0 saturated carbocycles. The van der Waals surface area contributed by atoms with Crippen molar-refractivity contribution < 1.29 is 58.5 Å². The minimum atomic E-state index is -1.60. The number of aromatic nitrogens is 1. The number of aromatic amines is 1. The summed E-state index contributed by atoms with van der Waals surface area (Å²) in [6, 6.07) is 4.73. The van der Waals surface area contributed by atoms with Crippen LogP contribution in [0.4, 0.5) is 0 Å². The summed E-state index contributed by atoms with van der Waals surface area (Å²) in [6.07, 6.45) is 0.740. The van der Waals surface area contributed by atoms with Crippen LogP contribution < -0.4 is 49.1 Å². The SMILES string of the molecule is CC(C)C[C@H](NC(=O)[C@@H](N)Cc1c[nH]c2ccccc12)C(=O)N[C@H](CC(N)=O)C(=O)NCC(=O)N[C@@H](CCCCN)C(=O)N[C@@H](CCC(=O)O)C(=O)N[C@@H](Cc1ccc(O)cc1)C(=O)O. The van der Waals surface area contributed by atoms with Gasteiger partial charge in [-0.25, -0.2) is 4.79 Å². The average Bonchev–Trinajstić information content (AvgIpc) is 3.65. The number of carbonyl (C=O) groups excluding carboxylic acids is 7. The molecule has 0 aliphatic heterocycles. The summed E-state index contributed by atoms with van der Waals surface area (Å²) in [5.74, 6) is -9.26. The third-order valence-electron chi connectivity index (χ3n) is 10.1. The van der Waals surface area contributed by atoms with E-state index in [0.29, 0.717) is 18.4 Å². The van der Waals surface area contributed by atoms with Gasteiger partial charge in [0.25, 0.3) is 0 Å². The lowest BCUT2D eigenvalue weighted by molar-refractivity contribution is -0.143. The van der Waals surface area contributed by atoms with Crippen LogP contribution in [0.2, 0.25) is 0 Å².